The Bertz CT molecular complexity index is 942. The number of rotatable bonds is 8. The van der Waals surface area contributed by atoms with Gasteiger partial charge in [-0.2, -0.15) is 0 Å². The Kier molecular flexibility index (Phi) is 7.18. The maximum Gasteiger partial charge on any atom is 0.306 e. The molecule has 0 atom stereocenters. The molecule has 7 nitrogen and oxygen atoms in total. The van der Waals surface area contributed by atoms with Gasteiger partial charge in [-0.15, -0.1) is 0 Å². The number of amides is 1. The zero-order valence-electron chi connectivity index (χ0n) is 14.9. The van der Waals surface area contributed by atoms with Crippen molar-refractivity contribution in [1.82, 2.24) is 4.72 Å². The van der Waals surface area contributed by atoms with Gasteiger partial charge in [0.05, 0.1) is 4.90 Å². The lowest BCUT2D eigenvalue weighted by atomic mass is 10.1. The van der Waals surface area contributed by atoms with Crippen molar-refractivity contribution in [3.8, 4) is 0 Å². The quantitative estimate of drug-likeness (QED) is 0.646. The minimum atomic E-state index is -3.53. The van der Waals surface area contributed by atoms with E-state index in [0.717, 1.165) is 12.1 Å². The Morgan fingerprint density at radius 2 is 1.64 bits per heavy atom. The Morgan fingerprint density at radius 1 is 1.04 bits per heavy atom. The molecular formula is C18H18F2N2O5S. The summed E-state index contributed by atoms with van der Waals surface area (Å²) in [5.74, 6) is -3.07. The van der Waals surface area contributed by atoms with Crippen LogP contribution in [0.25, 0.3) is 0 Å². The number of carbonyl (C=O) groups excluding carboxylic acids is 2. The largest absolute Gasteiger partial charge is 0.456 e. The van der Waals surface area contributed by atoms with Crippen molar-refractivity contribution in [2.75, 3.05) is 19.0 Å². The van der Waals surface area contributed by atoms with Crippen LogP contribution >= 0.6 is 0 Å². The fourth-order valence-electron chi connectivity index (χ4n) is 2.24. The number of benzene rings is 2. The van der Waals surface area contributed by atoms with Crippen LogP contribution in [0.5, 0.6) is 0 Å². The van der Waals surface area contributed by atoms with E-state index in [1.54, 1.807) is 12.1 Å². The minimum Gasteiger partial charge on any atom is -0.456 e. The van der Waals surface area contributed by atoms with Gasteiger partial charge in [0.25, 0.3) is 5.91 Å². The summed E-state index contributed by atoms with van der Waals surface area (Å²) in [6.45, 7) is -0.601. The Hall–Kier alpha value is -2.85. The van der Waals surface area contributed by atoms with Crippen molar-refractivity contribution in [2.24, 2.45) is 0 Å². The lowest BCUT2D eigenvalue weighted by Crippen LogP contribution is -2.21. The van der Waals surface area contributed by atoms with E-state index in [1.807, 2.05) is 0 Å². The summed E-state index contributed by atoms with van der Waals surface area (Å²) >= 11 is 0. The molecule has 0 fully saturated rings. The third kappa shape index (κ3) is 6.39. The monoisotopic (exact) mass is 412 g/mol. The van der Waals surface area contributed by atoms with Gasteiger partial charge in [-0.1, -0.05) is 12.1 Å². The van der Waals surface area contributed by atoms with Crippen LogP contribution < -0.4 is 10.0 Å². The molecule has 0 aliphatic carbocycles. The van der Waals surface area contributed by atoms with E-state index in [9.17, 15) is 26.8 Å². The first-order valence-electron chi connectivity index (χ1n) is 8.13. The van der Waals surface area contributed by atoms with Crippen molar-refractivity contribution >= 4 is 27.6 Å². The smallest absolute Gasteiger partial charge is 0.306 e. The molecule has 2 aromatic rings. The van der Waals surface area contributed by atoms with Crippen LogP contribution in [0.4, 0.5) is 14.5 Å². The van der Waals surface area contributed by atoms with Crippen molar-refractivity contribution in [1.29, 1.82) is 0 Å². The number of ether oxygens (including phenoxy) is 1. The summed E-state index contributed by atoms with van der Waals surface area (Å²) < 4.78 is 56.4. The average Bonchev–Trinajstić information content (AvgIpc) is 2.64. The highest BCUT2D eigenvalue weighted by atomic mass is 32.2. The summed E-state index contributed by atoms with van der Waals surface area (Å²) in [5, 5.41) is 2.22. The summed E-state index contributed by atoms with van der Waals surface area (Å²) in [6.07, 6.45) is 0.259. The van der Waals surface area contributed by atoms with Crippen LogP contribution in [-0.2, 0) is 30.8 Å². The summed E-state index contributed by atoms with van der Waals surface area (Å²) in [5.41, 5.74) is 0.627. The number of hydrogen-bond acceptors (Lipinski definition) is 5. The fourth-order valence-corrected chi connectivity index (χ4v) is 2.97. The third-order valence-electron chi connectivity index (χ3n) is 3.63. The number of nitrogens with one attached hydrogen (secondary N) is 2. The molecule has 0 saturated heterocycles. The molecule has 2 rings (SSSR count). The first kappa shape index (κ1) is 21.5. The number of hydrogen-bond donors (Lipinski definition) is 2. The molecule has 1 amide bonds. The number of halogens is 2. The number of sulfonamides is 1. The highest BCUT2D eigenvalue weighted by molar-refractivity contribution is 7.89. The maximum atomic E-state index is 13.1. The predicted octanol–water partition coefficient (Wildman–Crippen LogP) is 1.99. The van der Waals surface area contributed by atoms with E-state index < -0.39 is 40.1 Å². The van der Waals surface area contributed by atoms with Crippen molar-refractivity contribution in [2.45, 2.75) is 17.7 Å². The van der Waals surface area contributed by atoms with Crippen LogP contribution in [0.15, 0.2) is 47.4 Å². The normalized spacial score (nSPS) is 11.1. The standard InChI is InChI=1S/C18H18F2N2O5S/c1-21-28(25,26)16-5-2-12(3-6-16)4-7-18(24)27-11-17(23)22-15-9-13(19)8-14(20)10-15/h2-3,5-6,8-10,21H,4,7,11H2,1H3,(H,22,23). The van der Waals surface area contributed by atoms with Crippen LogP contribution in [0.2, 0.25) is 0 Å². The SMILES string of the molecule is CNS(=O)(=O)c1ccc(CCC(=O)OCC(=O)Nc2cc(F)cc(F)c2)cc1. The Balaban J connectivity index is 1.78. The van der Waals surface area contributed by atoms with Crippen molar-refractivity contribution in [3.63, 3.8) is 0 Å². The van der Waals surface area contributed by atoms with E-state index in [1.165, 1.54) is 19.2 Å². The molecule has 2 aromatic carbocycles. The number of aryl methyl sites for hydroxylation is 1. The van der Waals surface area contributed by atoms with E-state index in [-0.39, 0.29) is 23.4 Å². The second kappa shape index (κ2) is 9.38. The van der Waals surface area contributed by atoms with Gasteiger partial charge in [-0.3, -0.25) is 9.59 Å². The molecule has 0 heterocycles. The average molecular weight is 412 g/mol. The summed E-state index contributed by atoms with van der Waals surface area (Å²) in [7, 11) is -2.22. The van der Waals surface area contributed by atoms with E-state index in [2.05, 4.69) is 10.0 Å². The second-order valence-electron chi connectivity index (χ2n) is 5.72. The topological polar surface area (TPSA) is 102 Å². The van der Waals surface area contributed by atoms with Crippen LogP contribution in [0.3, 0.4) is 0 Å². The van der Waals surface area contributed by atoms with Gasteiger partial charge in [0.15, 0.2) is 6.61 Å². The molecular weight excluding hydrogens is 394 g/mol. The van der Waals surface area contributed by atoms with Crippen molar-refractivity contribution in [3.05, 3.63) is 59.7 Å². The van der Waals surface area contributed by atoms with Gasteiger partial charge in [0.2, 0.25) is 10.0 Å². The number of carbonyl (C=O) groups is 2. The van der Waals surface area contributed by atoms with Gasteiger partial charge < -0.3 is 10.1 Å². The van der Waals surface area contributed by atoms with Crippen LogP contribution in [0.1, 0.15) is 12.0 Å². The molecule has 0 unspecified atom stereocenters. The van der Waals surface area contributed by atoms with Gasteiger partial charge in [0.1, 0.15) is 11.6 Å². The molecule has 0 aliphatic heterocycles. The number of esters is 1. The van der Waals surface area contributed by atoms with E-state index in [4.69, 9.17) is 4.74 Å². The lowest BCUT2D eigenvalue weighted by molar-refractivity contribution is -0.147. The zero-order valence-corrected chi connectivity index (χ0v) is 15.7. The first-order valence-corrected chi connectivity index (χ1v) is 9.62. The molecule has 0 spiro atoms. The second-order valence-corrected chi connectivity index (χ2v) is 7.61. The van der Waals surface area contributed by atoms with E-state index >= 15 is 0 Å². The molecule has 10 heteroatoms. The molecule has 0 aliphatic rings. The van der Waals surface area contributed by atoms with E-state index in [0.29, 0.717) is 11.6 Å². The summed E-state index contributed by atoms with van der Waals surface area (Å²) in [4.78, 5) is 23.5. The highest BCUT2D eigenvalue weighted by Crippen LogP contribution is 2.13. The molecule has 0 saturated carbocycles. The molecule has 2 N–H and O–H groups in total. The predicted molar refractivity (Wildman–Crippen MR) is 97.0 cm³/mol. The van der Waals surface area contributed by atoms with Gasteiger partial charge in [-0.25, -0.2) is 21.9 Å². The molecule has 0 radical (unpaired) electrons. The van der Waals surface area contributed by atoms with Gasteiger partial charge in [-0.05, 0) is 43.3 Å². The van der Waals surface area contributed by atoms with Gasteiger partial charge >= 0.3 is 5.97 Å². The first-order chi connectivity index (χ1) is 13.2. The molecule has 0 bridgehead atoms. The van der Waals surface area contributed by atoms with Crippen molar-refractivity contribution < 1.29 is 31.5 Å². The van der Waals surface area contributed by atoms with Crippen LogP contribution in [0, 0.1) is 11.6 Å². The minimum absolute atomic E-state index is 0.0278. The fraction of sp³-hybridized carbons (Fsp3) is 0.222. The maximum absolute atomic E-state index is 13.1. The molecule has 28 heavy (non-hydrogen) atoms. The molecule has 0 aromatic heterocycles. The Morgan fingerprint density at radius 3 is 2.21 bits per heavy atom. The lowest BCUT2D eigenvalue weighted by Gasteiger charge is -2.07. The third-order valence-corrected chi connectivity index (χ3v) is 5.06. The summed E-state index contributed by atoms with van der Waals surface area (Å²) in [6, 6.07) is 8.50. The number of anilines is 1. The Labute approximate surface area is 160 Å². The zero-order chi connectivity index (χ0) is 20.7. The van der Waals surface area contributed by atoms with Crippen LogP contribution in [-0.4, -0.2) is 33.9 Å². The van der Waals surface area contributed by atoms with Gasteiger partial charge in [0, 0.05) is 18.2 Å². The molecule has 150 valence electrons. The highest BCUT2D eigenvalue weighted by Gasteiger charge is 2.12.